The quantitative estimate of drug-likeness (QED) is 0.253. The number of halogens is 1. The van der Waals surface area contributed by atoms with Crippen molar-refractivity contribution in [3.8, 4) is 9.89 Å². The number of benzene rings is 1. The molecule has 0 aromatic heterocycles. The fraction of sp³-hybridized carbons (Fsp3) is 0.500. The van der Waals surface area contributed by atoms with E-state index in [1.807, 2.05) is 18.2 Å². The molecule has 4 rings (SSSR count). The summed E-state index contributed by atoms with van der Waals surface area (Å²) in [6.07, 6.45) is 0. The minimum atomic E-state index is -2.48. The molecule has 0 N–H and O–H groups in total. The van der Waals surface area contributed by atoms with Crippen LogP contribution in [0.15, 0.2) is 30.3 Å². The predicted molar refractivity (Wildman–Crippen MR) is 89.8 cm³/mol. The van der Waals surface area contributed by atoms with Gasteiger partial charge < -0.3 is 24.0 Å². The predicted octanol–water partition coefficient (Wildman–Crippen LogP) is -1.44. The van der Waals surface area contributed by atoms with E-state index in [0.717, 1.165) is 49.1 Å². The fourth-order valence-electron chi connectivity index (χ4n) is 2.54. The number of hydrogen-bond acceptors (Lipinski definition) is 4. The van der Waals surface area contributed by atoms with Gasteiger partial charge in [0.25, 0.3) is 0 Å². The third kappa shape index (κ3) is 5.98. The Morgan fingerprint density at radius 1 is 1.04 bits per heavy atom. The Bertz CT molecular complexity index is 525. The second kappa shape index (κ2) is 9.74. The van der Waals surface area contributed by atoms with E-state index in [1.54, 1.807) is 0 Å². The van der Waals surface area contributed by atoms with Crippen LogP contribution in [0.2, 0.25) is 9.06 Å². The fourth-order valence-corrected chi connectivity index (χ4v) is 13.0. The monoisotopic (exact) mass is 561 g/mol. The van der Waals surface area contributed by atoms with Gasteiger partial charge in [-0.1, -0.05) is 0 Å². The zero-order valence-electron chi connectivity index (χ0n) is 13.3. The minimum Gasteiger partial charge on any atom is -1.00 e. The van der Waals surface area contributed by atoms with Crippen molar-refractivity contribution in [1.29, 1.82) is 0 Å². The van der Waals surface area contributed by atoms with Gasteiger partial charge in [-0.25, -0.2) is 0 Å². The van der Waals surface area contributed by atoms with Crippen molar-refractivity contribution >= 4 is 28.4 Å². The first-order chi connectivity index (χ1) is 10.8. The van der Waals surface area contributed by atoms with Crippen LogP contribution in [0.4, 0.5) is 0 Å². The van der Waals surface area contributed by atoms with Crippen LogP contribution in [-0.4, -0.2) is 72.7 Å². The third-order valence-corrected chi connectivity index (χ3v) is 14.5. The van der Waals surface area contributed by atoms with Gasteiger partial charge in [-0.15, -0.1) is 0 Å². The maximum absolute atomic E-state index is 6.09. The van der Waals surface area contributed by atoms with Crippen LogP contribution in [0.3, 0.4) is 0 Å². The molecule has 23 heavy (non-hydrogen) atoms. The van der Waals surface area contributed by atoms with Crippen LogP contribution < -0.4 is 24.0 Å². The molecule has 126 valence electrons. The van der Waals surface area contributed by atoms with Crippen LogP contribution in [0.25, 0.3) is 0 Å². The first kappa shape index (κ1) is 19.7. The van der Waals surface area contributed by atoms with Crippen LogP contribution >= 0.6 is 0 Å². The molecule has 0 unspecified atom stereocenters. The Labute approximate surface area is 163 Å². The van der Waals surface area contributed by atoms with Crippen molar-refractivity contribution < 1.29 is 37.3 Å². The molecule has 7 heteroatoms. The zero-order chi connectivity index (χ0) is 15.3. The first-order valence-corrected chi connectivity index (χ1v) is 14.7. The van der Waals surface area contributed by atoms with Crippen molar-refractivity contribution in [2.75, 3.05) is 39.5 Å². The third-order valence-electron chi connectivity index (χ3n) is 3.73. The normalized spacial score (nSPS) is 27.1. The molecule has 3 fully saturated rings. The van der Waals surface area contributed by atoms with Crippen LogP contribution in [0.5, 0.6) is 0 Å². The summed E-state index contributed by atoms with van der Waals surface area (Å²) < 4.78 is 22.7. The van der Waals surface area contributed by atoms with Gasteiger partial charge in [-0.05, 0) is 0 Å². The molecular formula is C16H22INO3SiTe. The summed E-state index contributed by atoms with van der Waals surface area (Å²) in [5.74, 6) is 3.30. The van der Waals surface area contributed by atoms with E-state index in [1.165, 1.54) is 0 Å². The second-order valence-electron chi connectivity index (χ2n) is 5.44. The van der Waals surface area contributed by atoms with Crippen LogP contribution in [0, 0.1) is 9.89 Å². The summed E-state index contributed by atoms with van der Waals surface area (Å²) >= 11 is -1.57. The molecular weight excluding hydrogens is 537 g/mol. The van der Waals surface area contributed by atoms with Crippen molar-refractivity contribution in [2.45, 2.75) is 9.06 Å². The molecule has 0 aliphatic carbocycles. The van der Waals surface area contributed by atoms with E-state index < -0.39 is 28.4 Å². The number of fused-ring (bicyclic) bond motifs is 6. The van der Waals surface area contributed by atoms with Crippen molar-refractivity contribution in [3.63, 3.8) is 0 Å². The number of nitrogens with zero attached hydrogens (tertiary/aromatic N) is 1. The van der Waals surface area contributed by atoms with Crippen molar-refractivity contribution in [1.82, 2.24) is 4.90 Å². The molecule has 0 amide bonds. The molecule has 3 aliphatic heterocycles. The van der Waals surface area contributed by atoms with E-state index in [2.05, 4.69) is 31.9 Å². The van der Waals surface area contributed by atoms with Gasteiger partial charge in [0.2, 0.25) is 0 Å². The van der Waals surface area contributed by atoms with Gasteiger partial charge in [0, 0.05) is 0 Å². The molecule has 3 aliphatic rings. The van der Waals surface area contributed by atoms with E-state index in [4.69, 9.17) is 13.3 Å². The molecule has 0 spiro atoms. The summed E-state index contributed by atoms with van der Waals surface area (Å²) in [6.45, 7) is 5.17. The van der Waals surface area contributed by atoms with Crippen LogP contribution in [0.1, 0.15) is 5.56 Å². The summed E-state index contributed by atoms with van der Waals surface area (Å²) in [4.78, 5) is 4.64. The van der Waals surface area contributed by atoms with Gasteiger partial charge in [0.15, 0.2) is 0 Å². The van der Waals surface area contributed by atoms with Gasteiger partial charge >= 0.3 is 141 Å². The Morgan fingerprint density at radius 2 is 1.61 bits per heavy atom. The summed E-state index contributed by atoms with van der Waals surface area (Å²) in [5, 5.41) is 0. The molecule has 3 saturated heterocycles. The number of hydrogen-bond donors (Lipinski definition) is 0. The molecule has 0 atom stereocenters. The maximum Gasteiger partial charge on any atom is -1.00 e. The second-order valence-corrected chi connectivity index (χ2v) is 14.7. The minimum absolute atomic E-state index is 0. The topological polar surface area (TPSA) is 30.9 Å². The molecule has 0 radical (unpaired) electrons. The standard InChI is InChI=1S/C16H22NO3SiTe.HI/c1-22(14-7-16-5-3-2-4-6-16)15-21-18-11-8-17(9-12-19-21)10-13-20-21;/h2-6H,8-13,15H2,1H3;1H/q+1;/p-1. The van der Waals surface area contributed by atoms with Crippen molar-refractivity contribution in [2.24, 2.45) is 0 Å². The van der Waals surface area contributed by atoms with Gasteiger partial charge in [-0.3, -0.25) is 0 Å². The summed E-state index contributed by atoms with van der Waals surface area (Å²) in [6, 6.07) is 10.2. The SMILES string of the molecule is C[Te+](C#Cc1ccccc1)C[Si]12OCCN(CCO1)CCO2.[I-]. The van der Waals surface area contributed by atoms with E-state index in [9.17, 15) is 0 Å². The van der Waals surface area contributed by atoms with Gasteiger partial charge in [0.05, 0.1) is 0 Å². The van der Waals surface area contributed by atoms with E-state index in [0.29, 0.717) is 0 Å². The Balaban J connectivity index is 0.00000192. The average Bonchev–Trinajstić information content (AvgIpc) is 2.47. The van der Waals surface area contributed by atoms with Crippen molar-refractivity contribution in [3.05, 3.63) is 35.9 Å². The molecule has 1 aromatic rings. The van der Waals surface area contributed by atoms with E-state index in [-0.39, 0.29) is 24.0 Å². The Kier molecular flexibility index (Phi) is 8.33. The molecule has 3 heterocycles. The van der Waals surface area contributed by atoms with Gasteiger partial charge in [-0.2, -0.15) is 0 Å². The molecule has 0 saturated carbocycles. The molecule has 2 bridgehead atoms. The van der Waals surface area contributed by atoms with Gasteiger partial charge in [0.1, 0.15) is 0 Å². The summed E-state index contributed by atoms with van der Waals surface area (Å²) in [5.41, 5.74) is 1.09. The molecule has 1 aromatic carbocycles. The Hall–Kier alpha value is 0.356. The number of rotatable bonds is 2. The van der Waals surface area contributed by atoms with E-state index >= 15 is 0 Å². The van der Waals surface area contributed by atoms with Crippen LogP contribution in [-0.2, 0) is 13.3 Å². The smallest absolute Gasteiger partial charge is 1.00 e. The first-order valence-electron chi connectivity index (χ1n) is 7.59. The zero-order valence-corrected chi connectivity index (χ0v) is 18.8. The molecule has 4 nitrogen and oxygen atoms in total. The maximum atomic E-state index is 6.09. The largest absolute Gasteiger partial charge is 1.00 e. The Morgan fingerprint density at radius 3 is 2.17 bits per heavy atom. The average molecular weight is 559 g/mol. The summed E-state index contributed by atoms with van der Waals surface area (Å²) in [7, 11) is -2.48.